The number of aryl methyl sites for hydroxylation is 1. The number of hydrogen-bond acceptors (Lipinski definition) is 3. The van der Waals surface area contributed by atoms with Gasteiger partial charge in [-0.15, -0.1) is 0 Å². The van der Waals surface area contributed by atoms with Gasteiger partial charge in [0.15, 0.2) is 0 Å². The third-order valence-electron chi connectivity index (χ3n) is 2.14. The van der Waals surface area contributed by atoms with E-state index in [1.165, 1.54) is 5.56 Å². The fraction of sp³-hybridized carbons (Fsp3) is 0.500. The van der Waals surface area contributed by atoms with E-state index in [1.807, 2.05) is 18.2 Å². The number of ether oxygens (including phenoxy) is 1. The van der Waals surface area contributed by atoms with Gasteiger partial charge in [0.1, 0.15) is 5.75 Å². The predicted octanol–water partition coefficient (Wildman–Crippen LogP) is 1.34. The van der Waals surface area contributed by atoms with Crippen LogP contribution in [0.1, 0.15) is 18.4 Å². The molecule has 3 heteroatoms. The van der Waals surface area contributed by atoms with Crippen molar-refractivity contribution in [3.8, 4) is 5.75 Å². The van der Waals surface area contributed by atoms with Crippen molar-refractivity contribution in [3.05, 3.63) is 29.8 Å². The Morgan fingerprint density at radius 3 is 2.87 bits per heavy atom. The third-order valence-corrected chi connectivity index (χ3v) is 2.14. The fourth-order valence-electron chi connectivity index (χ4n) is 1.35. The van der Waals surface area contributed by atoms with Crippen molar-refractivity contribution in [1.82, 2.24) is 0 Å². The summed E-state index contributed by atoms with van der Waals surface area (Å²) in [5.74, 6) is 0.873. The SMILES string of the molecule is NCCCc1cccc(OCCCO)c1. The van der Waals surface area contributed by atoms with Crippen molar-refractivity contribution in [2.75, 3.05) is 19.8 Å². The van der Waals surface area contributed by atoms with E-state index in [1.54, 1.807) is 0 Å². The highest BCUT2D eigenvalue weighted by atomic mass is 16.5. The van der Waals surface area contributed by atoms with Gasteiger partial charge in [-0.3, -0.25) is 0 Å². The number of rotatable bonds is 7. The molecule has 0 saturated heterocycles. The van der Waals surface area contributed by atoms with E-state index in [0.29, 0.717) is 13.0 Å². The van der Waals surface area contributed by atoms with Gasteiger partial charge in [0, 0.05) is 13.0 Å². The normalized spacial score (nSPS) is 10.3. The first-order valence-electron chi connectivity index (χ1n) is 5.39. The van der Waals surface area contributed by atoms with E-state index in [9.17, 15) is 0 Å². The number of hydrogen-bond donors (Lipinski definition) is 2. The Bertz CT molecular complexity index is 276. The molecule has 0 aliphatic rings. The van der Waals surface area contributed by atoms with Crippen LogP contribution in [0.25, 0.3) is 0 Å². The Kier molecular flexibility index (Phi) is 5.81. The van der Waals surface area contributed by atoms with Crippen LogP contribution in [0.2, 0.25) is 0 Å². The van der Waals surface area contributed by atoms with Gasteiger partial charge in [-0.05, 0) is 37.1 Å². The molecular weight excluding hydrogens is 190 g/mol. The monoisotopic (exact) mass is 209 g/mol. The first-order chi connectivity index (χ1) is 7.36. The summed E-state index contributed by atoms with van der Waals surface area (Å²) in [5, 5.41) is 8.62. The molecule has 0 amide bonds. The minimum absolute atomic E-state index is 0.173. The molecule has 0 bridgehead atoms. The van der Waals surface area contributed by atoms with Crippen molar-refractivity contribution >= 4 is 0 Å². The Balaban J connectivity index is 2.42. The van der Waals surface area contributed by atoms with Crippen molar-refractivity contribution in [3.63, 3.8) is 0 Å². The molecule has 1 aromatic carbocycles. The average Bonchev–Trinajstić information content (AvgIpc) is 2.27. The molecule has 15 heavy (non-hydrogen) atoms. The van der Waals surface area contributed by atoms with Gasteiger partial charge in [0.25, 0.3) is 0 Å². The second-order valence-electron chi connectivity index (χ2n) is 3.47. The maximum atomic E-state index is 8.62. The molecule has 0 heterocycles. The molecule has 0 spiro atoms. The maximum Gasteiger partial charge on any atom is 0.119 e. The third kappa shape index (κ3) is 4.81. The van der Waals surface area contributed by atoms with Gasteiger partial charge in [-0.25, -0.2) is 0 Å². The molecule has 0 aromatic heterocycles. The van der Waals surface area contributed by atoms with Crippen LogP contribution in [0.15, 0.2) is 24.3 Å². The first kappa shape index (κ1) is 12.0. The Labute approximate surface area is 90.9 Å². The van der Waals surface area contributed by atoms with Crippen molar-refractivity contribution in [2.45, 2.75) is 19.3 Å². The largest absolute Gasteiger partial charge is 0.493 e. The second kappa shape index (κ2) is 7.26. The Morgan fingerprint density at radius 2 is 2.13 bits per heavy atom. The van der Waals surface area contributed by atoms with Gasteiger partial charge in [0.05, 0.1) is 6.61 Å². The zero-order valence-corrected chi connectivity index (χ0v) is 8.98. The lowest BCUT2D eigenvalue weighted by Crippen LogP contribution is -2.02. The molecule has 3 nitrogen and oxygen atoms in total. The molecule has 1 aromatic rings. The van der Waals surface area contributed by atoms with Crippen LogP contribution < -0.4 is 10.5 Å². The quantitative estimate of drug-likeness (QED) is 0.666. The Morgan fingerprint density at radius 1 is 1.27 bits per heavy atom. The molecule has 0 radical (unpaired) electrons. The number of aliphatic hydroxyl groups excluding tert-OH is 1. The molecule has 3 N–H and O–H groups in total. The van der Waals surface area contributed by atoms with Gasteiger partial charge >= 0.3 is 0 Å². The summed E-state index contributed by atoms with van der Waals surface area (Å²) < 4.78 is 5.48. The summed E-state index contributed by atoms with van der Waals surface area (Å²) in [4.78, 5) is 0. The summed E-state index contributed by atoms with van der Waals surface area (Å²) in [6.07, 6.45) is 2.67. The van der Waals surface area contributed by atoms with Crippen LogP contribution >= 0.6 is 0 Å². The summed E-state index contributed by atoms with van der Waals surface area (Å²) in [7, 11) is 0. The van der Waals surface area contributed by atoms with Crippen LogP contribution in [-0.2, 0) is 6.42 Å². The van der Waals surface area contributed by atoms with E-state index >= 15 is 0 Å². The van der Waals surface area contributed by atoms with Crippen LogP contribution in [0.4, 0.5) is 0 Å². The molecular formula is C12H19NO2. The van der Waals surface area contributed by atoms with Gasteiger partial charge in [-0.2, -0.15) is 0 Å². The van der Waals surface area contributed by atoms with Gasteiger partial charge in [0.2, 0.25) is 0 Å². The number of benzene rings is 1. The van der Waals surface area contributed by atoms with E-state index in [-0.39, 0.29) is 6.61 Å². The molecule has 0 atom stereocenters. The van der Waals surface area contributed by atoms with Crippen molar-refractivity contribution in [2.24, 2.45) is 5.73 Å². The summed E-state index contributed by atoms with van der Waals surface area (Å²) >= 11 is 0. The topological polar surface area (TPSA) is 55.5 Å². The highest BCUT2D eigenvalue weighted by Gasteiger charge is 1.96. The molecule has 0 aliphatic heterocycles. The van der Waals surface area contributed by atoms with Gasteiger partial charge < -0.3 is 15.6 Å². The van der Waals surface area contributed by atoms with Crippen LogP contribution in [0.5, 0.6) is 5.75 Å². The summed E-state index contributed by atoms with van der Waals surface area (Å²) in [6.45, 7) is 1.46. The van der Waals surface area contributed by atoms with Crippen LogP contribution in [0.3, 0.4) is 0 Å². The number of nitrogens with two attached hydrogens (primary N) is 1. The Hall–Kier alpha value is -1.06. The lowest BCUT2D eigenvalue weighted by molar-refractivity contribution is 0.233. The molecule has 1 rings (SSSR count). The van der Waals surface area contributed by atoms with Crippen LogP contribution in [-0.4, -0.2) is 24.9 Å². The average molecular weight is 209 g/mol. The molecule has 0 unspecified atom stereocenters. The maximum absolute atomic E-state index is 8.62. The van der Waals surface area contributed by atoms with Crippen molar-refractivity contribution < 1.29 is 9.84 Å². The molecule has 0 saturated carbocycles. The minimum atomic E-state index is 0.173. The smallest absolute Gasteiger partial charge is 0.119 e. The minimum Gasteiger partial charge on any atom is -0.493 e. The first-order valence-corrected chi connectivity index (χ1v) is 5.39. The van der Waals surface area contributed by atoms with E-state index < -0.39 is 0 Å². The molecule has 0 aliphatic carbocycles. The highest BCUT2D eigenvalue weighted by Crippen LogP contribution is 2.14. The molecule has 84 valence electrons. The number of aliphatic hydroxyl groups is 1. The van der Waals surface area contributed by atoms with Crippen molar-refractivity contribution in [1.29, 1.82) is 0 Å². The fourth-order valence-corrected chi connectivity index (χ4v) is 1.35. The molecule has 0 fully saturated rings. The van der Waals surface area contributed by atoms with E-state index in [4.69, 9.17) is 15.6 Å². The summed E-state index contributed by atoms with van der Waals surface area (Å²) in [6, 6.07) is 8.03. The predicted molar refractivity (Wildman–Crippen MR) is 61.0 cm³/mol. The lowest BCUT2D eigenvalue weighted by atomic mass is 10.1. The van der Waals surface area contributed by atoms with Crippen LogP contribution in [0, 0.1) is 0 Å². The highest BCUT2D eigenvalue weighted by molar-refractivity contribution is 5.28. The zero-order valence-electron chi connectivity index (χ0n) is 8.98. The zero-order chi connectivity index (χ0) is 10.9. The van der Waals surface area contributed by atoms with E-state index in [0.717, 1.165) is 25.1 Å². The van der Waals surface area contributed by atoms with Gasteiger partial charge in [-0.1, -0.05) is 12.1 Å². The lowest BCUT2D eigenvalue weighted by Gasteiger charge is -2.06. The second-order valence-corrected chi connectivity index (χ2v) is 3.47. The summed E-state index contributed by atoms with van der Waals surface area (Å²) in [5.41, 5.74) is 6.71. The standard InChI is InChI=1S/C12H19NO2/c13-7-2-5-11-4-1-6-12(10-11)15-9-3-8-14/h1,4,6,10,14H,2-3,5,7-9,13H2. The van der Waals surface area contributed by atoms with E-state index in [2.05, 4.69) is 6.07 Å².